The summed E-state index contributed by atoms with van der Waals surface area (Å²) in [7, 11) is 0. The largest absolute Gasteiger partial charge is 0.337 e. The summed E-state index contributed by atoms with van der Waals surface area (Å²) in [5, 5.41) is 6.00. The van der Waals surface area contributed by atoms with Gasteiger partial charge in [-0.3, -0.25) is 4.79 Å². The summed E-state index contributed by atoms with van der Waals surface area (Å²) in [5.41, 5.74) is 0. The number of nitrogens with zero attached hydrogens (tertiary/aromatic N) is 3. The summed E-state index contributed by atoms with van der Waals surface area (Å²) in [6, 6.07) is 3.69. The van der Waals surface area contributed by atoms with Crippen LogP contribution in [0.2, 0.25) is 0 Å². The van der Waals surface area contributed by atoms with Crippen molar-refractivity contribution in [2.75, 3.05) is 6.54 Å². The van der Waals surface area contributed by atoms with Crippen molar-refractivity contribution in [2.45, 2.75) is 45.6 Å². The first-order valence-electron chi connectivity index (χ1n) is 7.82. The van der Waals surface area contributed by atoms with Crippen LogP contribution < -0.4 is 0 Å². The van der Waals surface area contributed by atoms with Crippen LogP contribution in [0.5, 0.6) is 0 Å². The van der Waals surface area contributed by atoms with Crippen LogP contribution in [0.1, 0.15) is 60.5 Å². The van der Waals surface area contributed by atoms with Gasteiger partial charge in [0.25, 0.3) is 5.91 Å². The zero-order valence-corrected chi connectivity index (χ0v) is 13.8. The van der Waals surface area contributed by atoms with Crippen molar-refractivity contribution in [3.8, 4) is 0 Å². The number of hydrogen-bond acceptors (Lipinski definition) is 5. The molecule has 0 radical (unpaired) electrons. The van der Waals surface area contributed by atoms with E-state index in [2.05, 4.69) is 24.0 Å². The minimum atomic E-state index is -0.0863. The van der Waals surface area contributed by atoms with Crippen LogP contribution in [0.3, 0.4) is 0 Å². The van der Waals surface area contributed by atoms with E-state index in [1.165, 1.54) is 11.3 Å². The summed E-state index contributed by atoms with van der Waals surface area (Å²) in [6.45, 7) is 5.01. The average Bonchev–Trinajstić information content (AvgIpc) is 3.17. The van der Waals surface area contributed by atoms with Gasteiger partial charge in [-0.25, -0.2) is 0 Å². The van der Waals surface area contributed by atoms with Gasteiger partial charge in [-0.2, -0.15) is 4.98 Å². The lowest BCUT2D eigenvalue weighted by molar-refractivity contribution is 0.0566. The maximum absolute atomic E-state index is 12.7. The normalized spacial score (nSPS) is 18.9. The molecule has 2 aromatic rings. The zero-order valence-electron chi connectivity index (χ0n) is 13.0. The van der Waals surface area contributed by atoms with Gasteiger partial charge >= 0.3 is 0 Å². The van der Waals surface area contributed by atoms with Gasteiger partial charge < -0.3 is 9.42 Å². The molecular formula is C16H21N3O2S. The summed E-state index contributed by atoms with van der Waals surface area (Å²) in [4.78, 5) is 19.9. The highest BCUT2D eigenvalue weighted by atomic mass is 32.1. The van der Waals surface area contributed by atoms with Crippen LogP contribution in [-0.4, -0.2) is 27.5 Å². The third-order valence-electron chi connectivity index (χ3n) is 3.86. The molecule has 1 aliphatic rings. The molecule has 1 fully saturated rings. The molecule has 1 saturated heterocycles. The standard InChI is InChI=1S/C16H21N3O2S/c1-11(2)10-14-17-15(21-18-14)12-6-3-4-8-19(12)16(20)13-7-5-9-22-13/h5,7,9,11-12H,3-4,6,8,10H2,1-2H3/t12-/m1/s1. The fourth-order valence-electron chi connectivity index (χ4n) is 2.82. The van der Waals surface area contributed by atoms with Gasteiger partial charge in [-0.05, 0) is 36.6 Å². The van der Waals surface area contributed by atoms with Crippen molar-refractivity contribution in [1.82, 2.24) is 15.0 Å². The smallest absolute Gasteiger partial charge is 0.264 e. The number of carbonyl (C=O) groups is 1. The van der Waals surface area contributed by atoms with Crippen molar-refractivity contribution < 1.29 is 9.32 Å². The number of piperidine rings is 1. The molecule has 3 heterocycles. The van der Waals surface area contributed by atoms with E-state index in [0.717, 1.165) is 42.9 Å². The third-order valence-corrected chi connectivity index (χ3v) is 4.71. The molecule has 0 saturated carbocycles. The second kappa shape index (κ2) is 6.60. The number of carbonyl (C=O) groups excluding carboxylic acids is 1. The molecule has 0 aromatic carbocycles. The lowest BCUT2D eigenvalue weighted by Gasteiger charge is -2.33. The maximum atomic E-state index is 12.7. The summed E-state index contributed by atoms with van der Waals surface area (Å²) < 4.78 is 5.45. The molecule has 1 aliphatic heterocycles. The lowest BCUT2D eigenvalue weighted by Crippen LogP contribution is -2.38. The molecule has 6 heteroatoms. The van der Waals surface area contributed by atoms with E-state index >= 15 is 0 Å². The highest BCUT2D eigenvalue weighted by Gasteiger charge is 2.33. The molecule has 0 N–H and O–H groups in total. The van der Waals surface area contributed by atoms with Crippen LogP contribution in [0.4, 0.5) is 0 Å². The van der Waals surface area contributed by atoms with E-state index in [0.29, 0.717) is 11.8 Å². The number of rotatable bonds is 4. The first-order chi connectivity index (χ1) is 10.6. The highest BCUT2D eigenvalue weighted by Crippen LogP contribution is 2.32. The SMILES string of the molecule is CC(C)Cc1noc([C@H]2CCCCN2C(=O)c2cccs2)n1. The Morgan fingerprint density at radius 1 is 1.50 bits per heavy atom. The third kappa shape index (κ3) is 3.21. The first kappa shape index (κ1) is 15.2. The summed E-state index contributed by atoms with van der Waals surface area (Å²) in [5.74, 6) is 1.88. The first-order valence-corrected chi connectivity index (χ1v) is 8.70. The van der Waals surface area contributed by atoms with Gasteiger partial charge in [0, 0.05) is 13.0 Å². The monoisotopic (exact) mass is 319 g/mol. The Labute approximate surface area is 134 Å². The molecule has 1 amide bonds. The quantitative estimate of drug-likeness (QED) is 0.862. The van der Waals surface area contributed by atoms with Crippen LogP contribution in [0.15, 0.2) is 22.0 Å². The van der Waals surface area contributed by atoms with Gasteiger partial charge in [0.15, 0.2) is 5.82 Å². The second-order valence-electron chi connectivity index (χ2n) is 6.13. The van der Waals surface area contributed by atoms with E-state index < -0.39 is 0 Å². The summed E-state index contributed by atoms with van der Waals surface area (Å²) in [6.07, 6.45) is 3.80. The second-order valence-corrected chi connectivity index (χ2v) is 7.08. The predicted octanol–water partition coefficient (Wildman–Crippen LogP) is 3.70. The molecule has 0 unspecified atom stereocenters. The Morgan fingerprint density at radius 3 is 3.09 bits per heavy atom. The van der Waals surface area contributed by atoms with E-state index in [9.17, 15) is 4.79 Å². The van der Waals surface area contributed by atoms with Crippen LogP contribution in [-0.2, 0) is 6.42 Å². The molecule has 5 nitrogen and oxygen atoms in total. The fraction of sp³-hybridized carbons (Fsp3) is 0.562. The predicted molar refractivity (Wildman–Crippen MR) is 84.8 cm³/mol. The Hall–Kier alpha value is -1.69. The van der Waals surface area contributed by atoms with E-state index in [1.807, 2.05) is 22.4 Å². The Balaban J connectivity index is 1.80. The van der Waals surface area contributed by atoms with Crippen LogP contribution in [0.25, 0.3) is 0 Å². The average molecular weight is 319 g/mol. The number of thiophene rings is 1. The molecule has 0 spiro atoms. The number of amides is 1. The number of likely N-dealkylation sites (tertiary alicyclic amines) is 1. The van der Waals surface area contributed by atoms with E-state index in [-0.39, 0.29) is 11.9 Å². The van der Waals surface area contributed by atoms with Crippen molar-refractivity contribution >= 4 is 17.2 Å². The Morgan fingerprint density at radius 2 is 2.36 bits per heavy atom. The van der Waals surface area contributed by atoms with Crippen LogP contribution in [0, 0.1) is 5.92 Å². The van der Waals surface area contributed by atoms with E-state index in [4.69, 9.17) is 4.52 Å². The van der Waals surface area contributed by atoms with Gasteiger partial charge in [0.05, 0.1) is 4.88 Å². The van der Waals surface area contributed by atoms with Crippen molar-refractivity contribution in [2.24, 2.45) is 5.92 Å². The molecule has 0 bridgehead atoms. The topological polar surface area (TPSA) is 59.2 Å². The van der Waals surface area contributed by atoms with Gasteiger partial charge in [0.1, 0.15) is 6.04 Å². The van der Waals surface area contributed by atoms with Crippen molar-refractivity contribution in [3.63, 3.8) is 0 Å². The van der Waals surface area contributed by atoms with Crippen LogP contribution >= 0.6 is 11.3 Å². The molecule has 118 valence electrons. The van der Waals surface area contributed by atoms with Gasteiger partial charge in [-0.15, -0.1) is 11.3 Å². The minimum Gasteiger partial charge on any atom is -0.337 e. The number of hydrogen-bond donors (Lipinski definition) is 0. The molecular weight excluding hydrogens is 298 g/mol. The molecule has 1 atom stereocenters. The molecule has 3 rings (SSSR count). The Kier molecular flexibility index (Phi) is 4.57. The Bertz CT molecular complexity index is 621. The lowest BCUT2D eigenvalue weighted by atomic mass is 10.0. The van der Waals surface area contributed by atoms with Crippen molar-refractivity contribution in [3.05, 3.63) is 34.1 Å². The van der Waals surface area contributed by atoms with Crippen molar-refractivity contribution in [1.29, 1.82) is 0 Å². The molecule has 2 aromatic heterocycles. The molecule has 0 aliphatic carbocycles. The summed E-state index contributed by atoms with van der Waals surface area (Å²) >= 11 is 1.48. The fourth-order valence-corrected chi connectivity index (χ4v) is 3.50. The highest BCUT2D eigenvalue weighted by molar-refractivity contribution is 7.12. The zero-order chi connectivity index (χ0) is 15.5. The molecule has 22 heavy (non-hydrogen) atoms. The maximum Gasteiger partial charge on any atom is 0.264 e. The van der Waals surface area contributed by atoms with Gasteiger partial charge in [0.2, 0.25) is 5.89 Å². The minimum absolute atomic E-state index is 0.0725. The number of aromatic nitrogens is 2. The van der Waals surface area contributed by atoms with E-state index in [1.54, 1.807) is 0 Å². The van der Waals surface area contributed by atoms with Gasteiger partial charge in [-0.1, -0.05) is 25.1 Å².